The van der Waals surface area contributed by atoms with Crippen LogP contribution in [0.2, 0.25) is 0 Å². The van der Waals surface area contributed by atoms with Crippen molar-refractivity contribution in [1.82, 2.24) is 20.2 Å². The number of fused-ring (bicyclic) bond motifs is 2. The molecular formula is C25H36N6O. The molecule has 7 nitrogen and oxygen atoms in total. The second-order valence-electron chi connectivity index (χ2n) is 10.3. The van der Waals surface area contributed by atoms with Gasteiger partial charge in [-0.05, 0) is 74.4 Å². The predicted octanol–water partition coefficient (Wildman–Crippen LogP) is 4.14. The molecule has 1 aromatic heterocycles. The second kappa shape index (κ2) is 8.70. The quantitative estimate of drug-likeness (QED) is 0.577. The first-order valence-electron chi connectivity index (χ1n) is 11.6. The van der Waals surface area contributed by atoms with Crippen LogP contribution in [0.5, 0.6) is 0 Å². The smallest absolute Gasteiger partial charge is 0.270 e. The summed E-state index contributed by atoms with van der Waals surface area (Å²) < 4.78 is 0. The first kappa shape index (κ1) is 22.5. The van der Waals surface area contributed by atoms with Gasteiger partial charge < -0.3 is 20.9 Å². The molecule has 32 heavy (non-hydrogen) atoms. The standard InChI is InChI=1S/C25H36N6O/c1-24(2)17-9-11-25(24,3)21(15-17)30-22(32)20-10-12-27-23(29-20)28-19-8-6-7-18(16-19)26-13-14-31(4)5/h6-8,10,12,16-17,21,26H,9,11,13-15H2,1-5H3,(H,30,32)(H,27,28,29). The SMILES string of the molecule is CN(C)CCNc1cccc(Nc2nccc(C(=O)NC3CC4CCC3(C)C4(C)C)n2)c1. The third kappa shape index (κ3) is 4.31. The van der Waals surface area contributed by atoms with Crippen molar-refractivity contribution in [1.29, 1.82) is 0 Å². The minimum Gasteiger partial charge on any atom is -0.384 e. The van der Waals surface area contributed by atoms with Gasteiger partial charge in [0.05, 0.1) is 0 Å². The third-order valence-electron chi connectivity index (χ3n) is 7.99. The van der Waals surface area contributed by atoms with E-state index in [4.69, 9.17) is 0 Å². The summed E-state index contributed by atoms with van der Waals surface area (Å²) in [7, 11) is 4.11. The Hall–Kier alpha value is -2.67. The number of likely N-dealkylation sites (N-methyl/N-ethyl adjacent to an activating group) is 1. The highest BCUT2D eigenvalue weighted by atomic mass is 16.2. The zero-order valence-corrected chi connectivity index (χ0v) is 19.9. The van der Waals surface area contributed by atoms with Crippen LogP contribution in [-0.2, 0) is 0 Å². The van der Waals surface area contributed by atoms with Crippen molar-refractivity contribution >= 4 is 23.2 Å². The fraction of sp³-hybridized carbons (Fsp3) is 0.560. The molecule has 1 amide bonds. The Morgan fingerprint density at radius 3 is 2.66 bits per heavy atom. The average molecular weight is 437 g/mol. The molecule has 3 atom stereocenters. The van der Waals surface area contributed by atoms with Gasteiger partial charge in [-0.3, -0.25) is 4.79 Å². The predicted molar refractivity (Wildman–Crippen MR) is 129 cm³/mol. The number of hydrogen-bond donors (Lipinski definition) is 3. The Kier molecular flexibility index (Phi) is 6.12. The van der Waals surface area contributed by atoms with E-state index in [1.807, 2.05) is 24.3 Å². The van der Waals surface area contributed by atoms with Gasteiger partial charge in [0.1, 0.15) is 5.69 Å². The van der Waals surface area contributed by atoms with Crippen LogP contribution in [0.3, 0.4) is 0 Å². The van der Waals surface area contributed by atoms with Gasteiger partial charge in [-0.25, -0.2) is 9.97 Å². The Morgan fingerprint density at radius 1 is 1.19 bits per heavy atom. The summed E-state index contributed by atoms with van der Waals surface area (Å²) in [5.41, 5.74) is 2.70. The Balaban J connectivity index is 1.40. The van der Waals surface area contributed by atoms with E-state index in [1.165, 1.54) is 12.8 Å². The van der Waals surface area contributed by atoms with Crippen LogP contribution in [0, 0.1) is 16.7 Å². The van der Waals surface area contributed by atoms with Gasteiger partial charge in [-0.1, -0.05) is 26.8 Å². The van der Waals surface area contributed by atoms with Crippen molar-refractivity contribution in [2.24, 2.45) is 16.7 Å². The molecule has 2 saturated carbocycles. The summed E-state index contributed by atoms with van der Waals surface area (Å²) in [4.78, 5) is 23.9. The maximum Gasteiger partial charge on any atom is 0.270 e. The van der Waals surface area contributed by atoms with Gasteiger partial charge in [0, 0.05) is 36.7 Å². The van der Waals surface area contributed by atoms with Gasteiger partial charge in [-0.15, -0.1) is 0 Å². The molecule has 1 heterocycles. The molecule has 2 aromatic rings. The summed E-state index contributed by atoms with van der Waals surface area (Å²) in [6, 6.07) is 9.87. The van der Waals surface area contributed by atoms with Crippen molar-refractivity contribution in [2.75, 3.05) is 37.8 Å². The molecule has 2 fully saturated rings. The van der Waals surface area contributed by atoms with Crippen LogP contribution in [0.25, 0.3) is 0 Å². The molecule has 0 radical (unpaired) electrons. The van der Waals surface area contributed by atoms with Gasteiger partial charge in [-0.2, -0.15) is 0 Å². The van der Waals surface area contributed by atoms with Crippen LogP contribution in [-0.4, -0.2) is 54.0 Å². The second-order valence-corrected chi connectivity index (χ2v) is 10.3. The van der Waals surface area contributed by atoms with Crippen LogP contribution in [0.4, 0.5) is 17.3 Å². The van der Waals surface area contributed by atoms with Gasteiger partial charge in [0.2, 0.25) is 5.95 Å². The lowest BCUT2D eigenvalue weighted by Gasteiger charge is -2.39. The largest absolute Gasteiger partial charge is 0.384 e. The molecule has 1 aromatic carbocycles. The highest BCUT2D eigenvalue weighted by Crippen LogP contribution is 2.65. The number of nitrogens with one attached hydrogen (secondary N) is 3. The van der Waals surface area contributed by atoms with E-state index in [2.05, 4.69) is 65.7 Å². The number of hydrogen-bond acceptors (Lipinski definition) is 6. The van der Waals surface area contributed by atoms with E-state index in [0.717, 1.165) is 30.9 Å². The summed E-state index contributed by atoms with van der Waals surface area (Å²) in [5, 5.41) is 9.92. The number of anilines is 3. The first-order valence-corrected chi connectivity index (χ1v) is 11.6. The number of benzene rings is 1. The molecule has 4 rings (SSSR count). The lowest BCUT2D eigenvalue weighted by molar-refractivity contribution is 0.0821. The normalized spacial score (nSPS) is 25.7. The van der Waals surface area contributed by atoms with E-state index in [1.54, 1.807) is 12.3 Å². The van der Waals surface area contributed by atoms with Crippen molar-refractivity contribution < 1.29 is 4.79 Å². The number of rotatable bonds is 8. The molecule has 2 aliphatic carbocycles. The lowest BCUT2D eigenvalue weighted by atomic mass is 9.69. The molecule has 0 saturated heterocycles. The van der Waals surface area contributed by atoms with Crippen molar-refractivity contribution in [3.63, 3.8) is 0 Å². The van der Waals surface area contributed by atoms with Crippen LogP contribution < -0.4 is 16.0 Å². The topological polar surface area (TPSA) is 82.2 Å². The molecule has 172 valence electrons. The monoisotopic (exact) mass is 436 g/mol. The van der Waals surface area contributed by atoms with Crippen molar-refractivity contribution in [3.8, 4) is 0 Å². The van der Waals surface area contributed by atoms with E-state index in [9.17, 15) is 4.79 Å². The zero-order chi connectivity index (χ0) is 22.9. The molecule has 2 aliphatic rings. The minimum atomic E-state index is -0.121. The molecular weight excluding hydrogens is 400 g/mol. The number of carbonyl (C=O) groups is 1. The molecule has 0 spiro atoms. The van der Waals surface area contributed by atoms with E-state index in [0.29, 0.717) is 17.6 Å². The van der Waals surface area contributed by atoms with Crippen LogP contribution in [0.1, 0.15) is 50.5 Å². The number of amides is 1. The van der Waals surface area contributed by atoms with Gasteiger partial charge >= 0.3 is 0 Å². The summed E-state index contributed by atoms with van der Waals surface area (Å²) in [6.45, 7) is 8.85. The van der Waals surface area contributed by atoms with E-state index in [-0.39, 0.29) is 22.8 Å². The van der Waals surface area contributed by atoms with Crippen LogP contribution in [0.15, 0.2) is 36.5 Å². The van der Waals surface area contributed by atoms with Crippen molar-refractivity contribution in [3.05, 3.63) is 42.2 Å². The molecule has 3 unspecified atom stereocenters. The molecule has 3 N–H and O–H groups in total. The van der Waals surface area contributed by atoms with Gasteiger partial charge in [0.25, 0.3) is 5.91 Å². The van der Waals surface area contributed by atoms with E-state index >= 15 is 0 Å². The number of nitrogens with zero attached hydrogens (tertiary/aromatic N) is 3. The highest BCUT2D eigenvalue weighted by Gasteiger charge is 2.61. The number of carbonyl (C=O) groups excluding carboxylic acids is 1. The number of aromatic nitrogens is 2. The van der Waals surface area contributed by atoms with Gasteiger partial charge in [0.15, 0.2) is 0 Å². The Labute approximate surface area is 191 Å². The summed E-state index contributed by atoms with van der Waals surface area (Å²) in [6.07, 6.45) is 5.13. The fourth-order valence-electron chi connectivity index (χ4n) is 5.46. The Morgan fingerprint density at radius 2 is 1.97 bits per heavy atom. The lowest BCUT2D eigenvalue weighted by Crippen LogP contribution is -2.47. The minimum absolute atomic E-state index is 0.121. The van der Waals surface area contributed by atoms with E-state index < -0.39 is 0 Å². The summed E-state index contributed by atoms with van der Waals surface area (Å²) >= 11 is 0. The summed E-state index contributed by atoms with van der Waals surface area (Å²) in [5.74, 6) is 0.978. The molecule has 0 aliphatic heterocycles. The van der Waals surface area contributed by atoms with Crippen LogP contribution >= 0.6 is 0 Å². The third-order valence-corrected chi connectivity index (χ3v) is 7.99. The zero-order valence-electron chi connectivity index (χ0n) is 19.9. The maximum atomic E-state index is 13.0. The van der Waals surface area contributed by atoms with Crippen molar-refractivity contribution in [2.45, 2.75) is 46.1 Å². The average Bonchev–Trinajstić information content (AvgIpc) is 3.07. The first-order chi connectivity index (χ1) is 15.2. The maximum absolute atomic E-state index is 13.0. The highest BCUT2D eigenvalue weighted by molar-refractivity contribution is 5.92. The Bertz CT molecular complexity index is 974. The molecule has 2 bridgehead atoms. The fourth-order valence-corrected chi connectivity index (χ4v) is 5.46. The molecule has 7 heteroatoms.